The number of hydrogen-bond donors (Lipinski definition) is 1. The minimum atomic E-state index is -3.48. The molecule has 1 N–H and O–H groups in total. The molecule has 0 fully saturated rings. The van der Waals surface area contributed by atoms with Crippen LogP contribution < -0.4 is 15.9 Å². The molecule has 0 saturated carbocycles. The average Bonchev–Trinajstić information content (AvgIpc) is 2.73. The van der Waals surface area contributed by atoms with Gasteiger partial charge in [0.2, 0.25) is 0 Å². The molecule has 136 valence electrons. The van der Waals surface area contributed by atoms with Gasteiger partial charge in [-0.25, -0.2) is 0 Å². The second-order valence-electron chi connectivity index (χ2n) is 7.04. The Hall–Kier alpha value is -1.95. The summed E-state index contributed by atoms with van der Waals surface area (Å²) < 4.78 is 0. The molecule has 2 heteroatoms. The first-order chi connectivity index (χ1) is 12.7. The molecule has 0 atom stereocenters. The molecule has 1 nitrogen and oxygen atoms in total. The molecule has 3 rings (SSSR count). The van der Waals surface area contributed by atoms with Gasteiger partial charge in [0.25, 0.3) is 0 Å². The molecule has 0 bridgehead atoms. The monoisotopic (exact) mass is 364 g/mol. The number of unbranched alkanes of at least 4 members (excludes halogenated alkanes) is 3. The maximum atomic E-state index is 12.8. The molecule has 3 aromatic rings. The third-order valence-electron chi connectivity index (χ3n) is 5.38. The Bertz CT molecular complexity index is 700. The second-order valence-corrected chi connectivity index (χ2v) is 11.5. The van der Waals surface area contributed by atoms with E-state index in [0.29, 0.717) is 0 Å². The van der Waals surface area contributed by atoms with Crippen molar-refractivity contribution in [1.82, 2.24) is 0 Å². The van der Waals surface area contributed by atoms with Gasteiger partial charge in [0.05, 0.1) is 0 Å². The molecule has 3 aromatic carbocycles. The topological polar surface area (TPSA) is 20.2 Å². The Morgan fingerprint density at radius 1 is 0.577 bits per heavy atom. The van der Waals surface area contributed by atoms with E-state index in [4.69, 9.17) is 0 Å². The van der Waals surface area contributed by atoms with Crippen molar-refractivity contribution in [2.24, 2.45) is 0 Å². The van der Waals surface area contributed by atoms with E-state index in [1.54, 1.807) is 0 Å². The van der Waals surface area contributed by atoms with Gasteiger partial charge in [0, 0.05) is 0 Å². The van der Waals surface area contributed by atoms with E-state index in [0.717, 1.165) is 34.9 Å². The zero-order chi connectivity index (χ0) is 18.3. The standard InChI is InChI=1S/C24H29OP/c1-2-3-4-14-21-26(25,22-15-8-5-9-16-22,23-17-10-6-11-18-23)24-19-12-7-13-20-24/h5-13,15-20,25H,2-4,14,21H2,1H3. The summed E-state index contributed by atoms with van der Waals surface area (Å²) in [6.45, 7) is -1.26. The fourth-order valence-electron chi connectivity index (χ4n) is 3.93. The predicted molar refractivity (Wildman–Crippen MR) is 116 cm³/mol. The van der Waals surface area contributed by atoms with E-state index in [-0.39, 0.29) is 0 Å². The normalized spacial score (nSPS) is 13.1. The Labute approximate surface area is 157 Å². The zero-order valence-corrected chi connectivity index (χ0v) is 16.5. The fraction of sp³-hybridized carbons (Fsp3) is 0.250. The molecule has 0 heterocycles. The summed E-state index contributed by atoms with van der Waals surface area (Å²) in [7, 11) is 0. The van der Waals surface area contributed by atoms with Crippen LogP contribution in [0.25, 0.3) is 0 Å². The first kappa shape index (κ1) is 18.8. The predicted octanol–water partition coefficient (Wildman–Crippen LogP) is 5.00. The van der Waals surface area contributed by atoms with Gasteiger partial charge in [-0.2, -0.15) is 0 Å². The molecule has 0 aliphatic carbocycles. The van der Waals surface area contributed by atoms with Crippen LogP contribution >= 0.6 is 6.83 Å². The third kappa shape index (κ3) is 3.34. The molecule has 0 aliphatic rings. The van der Waals surface area contributed by atoms with Crippen LogP contribution in [0.5, 0.6) is 0 Å². The van der Waals surface area contributed by atoms with Crippen molar-refractivity contribution in [2.45, 2.75) is 32.6 Å². The summed E-state index contributed by atoms with van der Waals surface area (Å²) in [5, 5.41) is 3.19. The van der Waals surface area contributed by atoms with Gasteiger partial charge in [0.15, 0.2) is 0 Å². The molecule has 0 saturated heterocycles. The molecule has 0 aliphatic heterocycles. The van der Waals surface area contributed by atoms with Gasteiger partial charge in [-0.15, -0.1) is 0 Å². The molecule has 0 spiro atoms. The Balaban J connectivity index is 2.24. The molecule has 0 aromatic heterocycles. The Kier molecular flexibility index (Phi) is 5.91. The van der Waals surface area contributed by atoms with Crippen LogP contribution in [0, 0.1) is 0 Å². The number of benzene rings is 3. The fourth-order valence-corrected chi connectivity index (χ4v) is 8.88. The van der Waals surface area contributed by atoms with Crippen LogP contribution in [0.15, 0.2) is 91.0 Å². The molecular formula is C24H29OP. The van der Waals surface area contributed by atoms with E-state index in [1.165, 1.54) is 12.8 Å². The van der Waals surface area contributed by atoms with Crippen LogP contribution in [0.2, 0.25) is 0 Å². The quantitative estimate of drug-likeness (QED) is 0.440. The van der Waals surface area contributed by atoms with E-state index in [2.05, 4.69) is 43.3 Å². The molecule has 26 heavy (non-hydrogen) atoms. The van der Waals surface area contributed by atoms with Crippen molar-refractivity contribution in [3.05, 3.63) is 91.0 Å². The minimum absolute atomic E-state index is 0.795. The van der Waals surface area contributed by atoms with Gasteiger partial charge >= 0.3 is 157 Å². The summed E-state index contributed by atoms with van der Waals surface area (Å²) in [6.07, 6.45) is 5.39. The molecule has 0 unspecified atom stereocenters. The van der Waals surface area contributed by atoms with Crippen molar-refractivity contribution < 1.29 is 4.89 Å². The van der Waals surface area contributed by atoms with Crippen LogP contribution in [0.3, 0.4) is 0 Å². The zero-order valence-electron chi connectivity index (χ0n) is 15.6. The van der Waals surface area contributed by atoms with Gasteiger partial charge in [-0.1, -0.05) is 0 Å². The first-order valence-electron chi connectivity index (χ1n) is 9.63. The molecule has 0 radical (unpaired) electrons. The van der Waals surface area contributed by atoms with Crippen molar-refractivity contribution >= 4 is 22.7 Å². The second kappa shape index (κ2) is 8.16. The maximum absolute atomic E-state index is 12.8. The van der Waals surface area contributed by atoms with E-state index < -0.39 is 6.83 Å². The van der Waals surface area contributed by atoms with Crippen molar-refractivity contribution in [3.63, 3.8) is 0 Å². The molecule has 0 amide bonds. The summed E-state index contributed by atoms with van der Waals surface area (Å²) in [4.78, 5) is 12.8. The van der Waals surface area contributed by atoms with E-state index in [9.17, 15) is 4.89 Å². The van der Waals surface area contributed by atoms with Crippen molar-refractivity contribution in [3.8, 4) is 0 Å². The van der Waals surface area contributed by atoms with Gasteiger partial charge in [0.1, 0.15) is 0 Å². The van der Waals surface area contributed by atoms with Crippen LogP contribution in [0.1, 0.15) is 32.6 Å². The van der Waals surface area contributed by atoms with Crippen LogP contribution in [0.4, 0.5) is 0 Å². The van der Waals surface area contributed by atoms with Crippen LogP contribution in [-0.2, 0) is 0 Å². The van der Waals surface area contributed by atoms with Gasteiger partial charge in [-0.3, -0.25) is 0 Å². The summed E-state index contributed by atoms with van der Waals surface area (Å²) in [5.74, 6) is 0. The summed E-state index contributed by atoms with van der Waals surface area (Å²) in [6, 6.07) is 31.0. The van der Waals surface area contributed by atoms with Crippen molar-refractivity contribution in [1.29, 1.82) is 0 Å². The van der Waals surface area contributed by atoms with Gasteiger partial charge < -0.3 is 0 Å². The Morgan fingerprint density at radius 2 is 0.962 bits per heavy atom. The van der Waals surface area contributed by atoms with E-state index in [1.807, 2.05) is 54.6 Å². The Morgan fingerprint density at radius 3 is 1.31 bits per heavy atom. The summed E-state index contributed by atoms with van der Waals surface area (Å²) >= 11 is 0. The molecular weight excluding hydrogens is 335 g/mol. The summed E-state index contributed by atoms with van der Waals surface area (Å²) in [5.41, 5.74) is 0. The van der Waals surface area contributed by atoms with E-state index >= 15 is 0 Å². The number of rotatable bonds is 8. The average molecular weight is 364 g/mol. The number of hydrogen-bond acceptors (Lipinski definition) is 1. The van der Waals surface area contributed by atoms with Gasteiger partial charge in [-0.05, 0) is 0 Å². The SMILES string of the molecule is CCCCCCP(O)(c1ccccc1)(c1ccccc1)c1ccccc1. The first-order valence-corrected chi connectivity index (χ1v) is 12.0. The van der Waals surface area contributed by atoms with Crippen LogP contribution in [-0.4, -0.2) is 11.1 Å². The third-order valence-corrected chi connectivity index (χ3v) is 10.8. The van der Waals surface area contributed by atoms with Crippen molar-refractivity contribution in [2.75, 3.05) is 6.16 Å².